The molecule has 0 amide bonds. The summed E-state index contributed by atoms with van der Waals surface area (Å²) in [6.45, 7) is 5.84. The highest BCUT2D eigenvalue weighted by Crippen LogP contribution is 2.14. The van der Waals surface area contributed by atoms with Crippen LogP contribution in [0.3, 0.4) is 0 Å². The molecule has 0 atom stereocenters. The summed E-state index contributed by atoms with van der Waals surface area (Å²) >= 11 is 0. The Kier molecular flexibility index (Phi) is 4.42. The van der Waals surface area contributed by atoms with Crippen molar-refractivity contribution in [1.82, 2.24) is 0 Å². The number of rotatable bonds is 3. The van der Waals surface area contributed by atoms with Gasteiger partial charge in [-0.05, 0) is 26.3 Å². The van der Waals surface area contributed by atoms with Crippen molar-refractivity contribution in [3.63, 3.8) is 0 Å². The highest BCUT2D eigenvalue weighted by molar-refractivity contribution is 5.24. The summed E-state index contributed by atoms with van der Waals surface area (Å²) in [6, 6.07) is 0. The molecule has 64 valence electrons. The second-order valence-corrected chi connectivity index (χ2v) is 2.27. The van der Waals surface area contributed by atoms with Gasteiger partial charge in [0.2, 0.25) is 0 Å². The van der Waals surface area contributed by atoms with Gasteiger partial charge >= 0.3 is 0 Å². The normalized spacial score (nSPS) is 14.1. The molecular weight excluding hydrogens is 140 g/mol. The van der Waals surface area contributed by atoms with Crippen molar-refractivity contribution in [2.75, 3.05) is 14.2 Å². The van der Waals surface area contributed by atoms with E-state index in [9.17, 15) is 0 Å². The molecular formula is C9H16O2. The number of hydrogen-bond donors (Lipinski definition) is 0. The minimum Gasteiger partial charge on any atom is -0.498 e. The van der Waals surface area contributed by atoms with Crippen LogP contribution >= 0.6 is 0 Å². The first-order valence-electron chi connectivity index (χ1n) is 3.59. The number of hydrogen-bond acceptors (Lipinski definition) is 2. The Morgan fingerprint density at radius 1 is 1.09 bits per heavy atom. The van der Waals surface area contributed by atoms with Crippen LogP contribution in [0.1, 0.15) is 20.8 Å². The van der Waals surface area contributed by atoms with Gasteiger partial charge in [-0.1, -0.05) is 6.08 Å². The van der Waals surface area contributed by atoms with Crippen LogP contribution in [-0.2, 0) is 9.47 Å². The van der Waals surface area contributed by atoms with E-state index in [4.69, 9.17) is 9.47 Å². The first kappa shape index (κ1) is 10.1. The Hall–Kier alpha value is -0.920. The van der Waals surface area contributed by atoms with E-state index in [2.05, 4.69) is 0 Å². The summed E-state index contributed by atoms with van der Waals surface area (Å²) in [6.07, 6.45) is 1.99. The molecule has 0 spiro atoms. The third kappa shape index (κ3) is 2.66. The van der Waals surface area contributed by atoms with Gasteiger partial charge in [-0.3, -0.25) is 0 Å². The molecule has 0 saturated carbocycles. The molecule has 0 aromatic carbocycles. The molecule has 0 aromatic heterocycles. The second kappa shape index (κ2) is 4.83. The van der Waals surface area contributed by atoms with Gasteiger partial charge in [0, 0.05) is 0 Å². The van der Waals surface area contributed by atoms with Crippen molar-refractivity contribution in [3.8, 4) is 0 Å². The van der Waals surface area contributed by atoms with Gasteiger partial charge in [-0.2, -0.15) is 0 Å². The van der Waals surface area contributed by atoms with Crippen molar-refractivity contribution < 1.29 is 9.47 Å². The highest BCUT2D eigenvalue weighted by Gasteiger charge is 2.03. The maximum Gasteiger partial charge on any atom is 0.158 e. The first-order valence-corrected chi connectivity index (χ1v) is 3.59. The largest absolute Gasteiger partial charge is 0.498 e. The van der Waals surface area contributed by atoms with Crippen molar-refractivity contribution in [3.05, 3.63) is 23.2 Å². The van der Waals surface area contributed by atoms with Crippen LogP contribution < -0.4 is 0 Å². The lowest BCUT2D eigenvalue weighted by Crippen LogP contribution is -1.95. The smallest absolute Gasteiger partial charge is 0.158 e. The molecule has 2 nitrogen and oxygen atoms in total. The van der Waals surface area contributed by atoms with Gasteiger partial charge in [-0.25, -0.2) is 0 Å². The molecule has 0 aliphatic rings. The summed E-state index contributed by atoms with van der Waals surface area (Å²) in [7, 11) is 3.28. The molecule has 0 aromatic rings. The number of allylic oxidation sites excluding steroid dienone is 3. The van der Waals surface area contributed by atoms with Gasteiger partial charge in [0.1, 0.15) is 5.76 Å². The summed E-state index contributed by atoms with van der Waals surface area (Å²) < 4.78 is 10.2. The lowest BCUT2D eigenvalue weighted by atomic mass is 10.2. The zero-order valence-corrected chi connectivity index (χ0v) is 7.89. The average molecular weight is 156 g/mol. The lowest BCUT2D eigenvalue weighted by Gasteiger charge is -2.09. The van der Waals surface area contributed by atoms with E-state index in [1.165, 1.54) is 0 Å². The van der Waals surface area contributed by atoms with Crippen molar-refractivity contribution in [2.24, 2.45) is 0 Å². The summed E-state index contributed by atoms with van der Waals surface area (Å²) in [5.74, 6) is 1.62. The molecule has 0 unspecified atom stereocenters. The van der Waals surface area contributed by atoms with E-state index in [-0.39, 0.29) is 0 Å². The van der Waals surface area contributed by atoms with Gasteiger partial charge in [-0.15, -0.1) is 0 Å². The number of methoxy groups -OCH3 is 2. The van der Waals surface area contributed by atoms with Gasteiger partial charge in [0.05, 0.1) is 14.2 Å². The zero-order chi connectivity index (χ0) is 8.85. The van der Waals surface area contributed by atoms with Crippen LogP contribution in [-0.4, -0.2) is 14.2 Å². The quantitative estimate of drug-likeness (QED) is 0.461. The topological polar surface area (TPSA) is 18.5 Å². The third-order valence-electron chi connectivity index (χ3n) is 1.62. The summed E-state index contributed by atoms with van der Waals surface area (Å²) in [4.78, 5) is 0. The van der Waals surface area contributed by atoms with Crippen molar-refractivity contribution in [1.29, 1.82) is 0 Å². The van der Waals surface area contributed by atoms with E-state index in [1.54, 1.807) is 14.2 Å². The Morgan fingerprint density at radius 3 is 1.91 bits per heavy atom. The number of ether oxygens (including phenoxy) is 2. The van der Waals surface area contributed by atoms with E-state index >= 15 is 0 Å². The fraction of sp³-hybridized carbons (Fsp3) is 0.556. The van der Waals surface area contributed by atoms with Gasteiger partial charge < -0.3 is 9.47 Å². The lowest BCUT2D eigenvalue weighted by molar-refractivity contribution is 0.229. The molecule has 0 heterocycles. The predicted octanol–water partition coefficient (Wildman–Crippen LogP) is 2.48. The fourth-order valence-electron chi connectivity index (χ4n) is 0.806. The Morgan fingerprint density at radius 2 is 1.64 bits per heavy atom. The van der Waals surface area contributed by atoms with E-state index in [1.807, 2.05) is 26.8 Å². The van der Waals surface area contributed by atoms with Crippen molar-refractivity contribution in [2.45, 2.75) is 20.8 Å². The standard InChI is InChI=1S/C9H16O2/c1-6-7(2)9(11-5)8(3)10-4/h6H,1-5H3. The molecule has 0 bridgehead atoms. The Balaban J connectivity index is 4.65. The maximum atomic E-state index is 5.14. The molecule has 0 fully saturated rings. The fourth-order valence-corrected chi connectivity index (χ4v) is 0.806. The molecule has 0 aliphatic heterocycles. The molecule has 0 rings (SSSR count). The maximum absolute atomic E-state index is 5.14. The SMILES string of the molecule is CC=C(C)C(OC)=C(C)OC. The minimum atomic E-state index is 0.808. The zero-order valence-electron chi connectivity index (χ0n) is 7.89. The van der Waals surface area contributed by atoms with Crippen LogP contribution in [0, 0.1) is 0 Å². The second-order valence-electron chi connectivity index (χ2n) is 2.27. The average Bonchev–Trinajstić information content (AvgIpc) is 2.05. The summed E-state index contributed by atoms with van der Waals surface area (Å²) in [5.41, 5.74) is 1.09. The Bertz CT molecular complexity index is 178. The van der Waals surface area contributed by atoms with Crippen LogP contribution in [0.15, 0.2) is 23.2 Å². The van der Waals surface area contributed by atoms with Crippen LogP contribution in [0.4, 0.5) is 0 Å². The molecule has 11 heavy (non-hydrogen) atoms. The van der Waals surface area contributed by atoms with Gasteiger partial charge in [0.15, 0.2) is 5.76 Å². The molecule has 0 aliphatic carbocycles. The van der Waals surface area contributed by atoms with Gasteiger partial charge in [0.25, 0.3) is 0 Å². The first-order chi connectivity index (χ1) is 5.17. The van der Waals surface area contributed by atoms with E-state index in [0.717, 1.165) is 17.1 Å². The van der Waals surface area contributed by atoms with E-state index < -0.39 is 0 Å². The highest BCUT2D eigenvalue weighted by atomic mass is 16.5. The minimum absolute atomic E-state index is 0.808. The molecule has 2 heteroatoms. The monoisotopic (exact) mass is 156 g/mol. The van der Waals surface area contributed by atoms with E-state index in [0.29, 0.717) is 0 Å². The molecule has 0 N–H and O–H groups in total. The third-order valence-corrected chi connectivity index (χ3v) is 1.62. The van der Waals surface area contributed by atoms with Crippen LogP contribution in [0.25, 0.3) is 0 Å². The Labute approximate surface area is 68.5 Å². The molecule has 0 saturated heterocycles. The summed E-state index contributed by atoms with van der Waals surface area (Å²) in [5, 5.41) is 0. The van der Waals surface area contributed by atoms with Crippen LogP contribution in [0.5, 0.6) is 0 Å². The van der Waals surface area contributed by atoms with Crippen LogP contribution in [0.2, 0.25) is 0 Å². The predicted molar refractivity (Wildman–Crippen MR) is 46.1 cm³/mol. The van der Waals surface area contributed by atoms with Crippen molar-refractivity contribution >= 4 is 0 Å². The molecule has 0 radical (unpaired) electrons.